The molecule has 0 aromatic carbocycles. The van der Waals surface area contributed by atoms with Crippen LogP contribution < -0.4 is 16.2 Å². The zero-order chi connectivity index (χ0) is 20.5. The third kappa shape index (κ3) is 4.34. The molecule has 4 rings (SSSR count). The van der Waals surface area contributed by atoms with Crippen molar-refractivity contribution >= 4 is 23.2 Å². The van der Waals surface area contributed by atoms with E-state index >= 15 is 0 Å². The molecule has 5 atom stereocenters. The molecule has 3 aliphatic rings. The van der Waals surface area contributed by atoms with Gasteiger partial charge in [-0.15, -0.1) is 0 Å². The van der Waals surface area contributed by atoms with E-state index in [-0.39, 0.29) is 24.1 Å². The topological polar surface area (TPSA) is 66.4 Å². The van der Waals surface area contributed by atoms with Gasteiger partial charge in [0.05, 0.1) is 6.54 Å². The van der Waals surface area contributed by atoms with Crippen LogP contribution in [0.4, 0.5) is 0 Å². The first-order valence-corrected chi connectivity index (χ1v) is 11.3. The van der Waals surface area contributed by atoms with Gasteiger partial charge < -0.3 is 20.1 Å². The van der Waals surface area contributed by atoms with Crippen LogP contribution in [0.2, 0.25) is 0 Å². The van der Waals surface area contributed by atoms with E-state index in [1.807, 2.05) is 10.6 Å². The van der Waals surface area contributed by atoms with Crippen molar-refractivity contribution in [1.29, 1.82) is 0 Å². The Bertz CT molecular complexity index is 838. The Hall–Kier alpha value is -1.89. The molecular formula is C22H32N4O2S. The fourth-order valence-corrected chi connectivity index (χ4v) is 5.59. The van der Waals surface area contributed by atoms with Crippen LogP contribution in [-0.4, -0.2) is 46.2 Å². The highest BCUT2D eigenvalue weighted by Crippen LogP contribution is 2.35. The van der Waals surface area contributed by atoms with Crippen LogP contribution in [0.3, 0.4) is 0 Å². The second kappa shape index (κ2) is 8.46. The van der Waals surface area contributed by atoms with E-state index in [0.29, 0.717) is 28.8 Å². The third-order valence-corrected chi connectivity index (χ3v) is 7.62. The second-order valence-electron chi connectivity index (χ2n) is 9.20. The zero-order valence-electron chi connectivity index (χ0n) is 17.4. The maximum atomic E-state index is 12.5. The monoisotopic (exact) mass is 416 g/mol. The summed E-state index contributed by atoms with van der Waals surface area (Å²) >= 11 is 5.61. The van der Waals surface area contributed by atoms with Gasteiger partial charge in [0.2, 0.25) is 5.91 Å². The van der Waals surface area contributed by atoms with Gasteiger partial charge in [-0.1, -0.05) is 32.8 Å². The standard InChI is InChI=1S/C22H32N4O2S/c1-14-5-3-6-18(15(14)2)24-20(27)10-23-22(29)25-11-16-9-17(13-25)19-7-4-8-21(28)26(19)12-16/h4,7-8,14-18H,3,5-6,9-13H2,1-2H3,(H,23,29)(H,24,27)/t14-,15-,16-,17+,18+/m1/s1. The normalized spacial score (nSPS) is 31.0. The summed E-state index contributed by atoms with van der Waals surface area (Å²) in [6, 6.07) is 5.82. The molecule has 0 radical (unpaired) electrons. The number of hydrogen-bond acceptors (Lipinski definition) is 3. The summed E-state index contributed by atoms with van der Waals surface area (Å²) in [6.45, 7) is 7.12. The van der Waals surface area contributed by atoms with Crippen molar-refractivity contribution in [3.8, 4) is 0 Å². The van der Waals surface area contributed by atoms with Crippen molar-refractivity contribution in [2.75, 3.05) is 19.6 Å². The number of likely N-dealkylation sites (tertiary alicyclic amines) is 1. The molecule has 1 aliphatic carbocycles. The molecule has 1 saturated carbocycles. The van der Waals surface area contributed by atoms with E-state index in [4.69, 9.17) is 12.2 Å². The molecule has 29 heavy (non-hydrogen) atoms. The Morgan fingerprint density at radius 3 is 2.86 bits per heavy atom. The molecule has 7 heteroatoms. The molecule has 1 saturated heterocycles. The quantitative estimate of drug-likeness (QED) is 0.739. The predicted octanol–water partition coefficient (Wildman–Crippen LogP) is 2.08. The SMILES string of the molecule is C[C@@H]1[C@H](C)CCC[C@@H]1NC(=O)CNC(=S)N1C[C@H]2C[C@@H](C1)c1cccc(=O)n1C2. The Labute approximate surface area is 178 Å². The fraction of sp³-hybridized carbons (Fsp3) is 0.682. The van der Waals surface area contributed by atoms with Crippen LogP contribution >= 0.6 is 12.2 Å². The highest BCUT2D eigenvalue weighted by Gasteiger charge is 2.35. The molecule has 2 fully saturated rings. The number of nitrogens with zero attached hydrogens (tertiary/aromatic N) is 2. The van der Waals surface area contributed by atoms with Gasteiger partial charge in [0.1, 0.15) is 0 Å². The van der Waals surface area contributed by atoms with Crippen LogP contribution in [-0.2, 0) is 11.3 Å². The summed E-state index contributed by atoms with van der Waals surface area (Å²) < 4.78 is 1.92. The molecule has 2 aliphatic heterocycles. The van der Waals surface area contributed by atoms with Gasteiger partial charge in [0.15, 0.2) is 5.11 Å². The highest BCUT2D eigenvalue weighted by molar-refractivity contribution is 7.80. The van der Waals surface area contributed by atoms with Gasteiger partial charge in [-0.2, -0.15) is 0 Å². The lowest BCUT2D eigenvalue weighted by molar-refractivity contribution is -0.121. The molecule has 6 nitrogen and oxygen atoms in total. The number of rotatable bonds is 3. The van der Waals surface area contributed by atoms with E-state index in [1.165, 1.54) is 12.8 Å². The number of hydrogen-bond donors (Lipinski definition) is 2. The van der Waals surface area contributed by atoms with Crippen molar-refractivity contribution in [1.82, 2.24) is 20.1 Å². The van der Waals surface area contributed by atoms with Crippen molar-refractivity contribution in [2.24, 2.45) is 17.8 Å². The average molecular weight is 417 g/mol. The van der Waals surface area contributed by atoms with E-state index in [2.05, 4.69) is 35.4 Å². The summed E-state index contributed by atoms with van der Waals surface area (Å²) in [5.41, 5.74) is 1.20. The van der Waals surface area contributed by atoms with Gasteiger partial charge in [-0.05, 0) is 48.9 Å². The van der Waals surface area contributed by atoms with Gasteiger partial charge >= 0.3 is 0 Å². The molecule has 3 heterocycles. The minimum Gasteiger partial charge on any atom is -0.354 e. The smallest absolute Gasteiger partial charge is 0.250 e. The van der Waals surface area contributed by atoms with Crippen molar-refractivity contribution in [3.05, 3.63) is 34.2 Å². The Morgan fingerprint density at radius 2 is 2.03 bits per heavy atom. The summed E-state index contributed by atoms with van der Waals surface area (Å²) in [5.74, 6) is 1.93. The molecule has 1 amide bonds. The zero-order valence-corrected chi connectivity index (χ0v) is 18.2. The molecule has 0 spiro atoms. The first-order chi connectivity index (χ1) is 13.9. The van der Waals surface area contributed by atoms with Gasteiger partial charge in [0.25, 0.3) is 5.56 Å². The van der Waals surface area contributed by atoms with Gasteiger partial charge in [-0.3, -0.25) is 9.59 Å². The predicted molar refractivity (Wildman–Crippen MR) is 118 cm³/mol. The average Bonchev–Trinajstić information content (AvgIpc) is 2.70. The second-order valence-corrected chi connectivity index (χ2v) is 9.59. The van der Waals surface area contributed by atoms with E-state index < -0.39 is 0 Å². The number of thiocarbonyl (C=S) groups is 1. The minimum absolute atomic E-state index is 0.0207. The van der Waals surface area contributed by atoms with E-state index in [0.717, 1.165) is 38.2 Å². The number of piperidine rings is 1. The third-order valence-electron chi connectivity index (χ3n) is 7.22. The maximum Gasteiger partial charge on any atom is 0.250 e. The van der Waals surface area contributed by atoms with Crippen LogP contribution in [0.15, 0.2) is 23.0 Å². The largest absolute Gasteiger partial charge is 0.354 e. The number of nitrogens with one attached hydrogen (secondary N) is 2. The summed E-state index contributed by atoms with van der Waals surface area (Å²) in [4.78, 5) is 26.8. The number of pyridine rings is 1. The molecule has 1 aromatic heterocycles. The number of amides is 1. The molecule has 158 valence electrons. The van der Waals surface area contributed by atoms with Crippen molar-refractivity contribution in [3.63, 3.8) is 0 Å². The summed E-state index contributed by atoms with van der Waals surface area (Å²) in [6.07, 6.45) is 4.60. The van der Waals surface area contributed by atoms with Crippen LogP contribution in [0.25, 0.3) is 0 Å². The van der Waals surface area contributed by atoms with Gasteiger partial charge in [-0.25, -0.2) is 0 Å². The highest BCUT2D eigenvalue weighted by atomic mass is 32.1. The molecule has 2 bridgehead atoms. The first kappa shape index (κ1) is 20.4. The Kier molecular flexibility index (Phi) is 5.95. The Morgan fingerprint density at radius 1 is 1.21 bits per heavy atom. The number of carbonyl (C=O) groups is 1. The van der Waals surface area contributed by atoms with Crippen LogP contribution in [0, 0.1) is 17.8 Å². The Balaban J connectivity index is 1.31. The number of carbonyl (C=O) groups excluding carboxylic acids is 1. The summed E-state index contributed by atoms with van der Waals surface area (Å²) in [5, 5.41) is 7.01. The molecule has 1 aromatic rings. The molecular weight excluding hydrogens is 384 g/mol. The lowest BCUT2D eigenvalue weighted by Crippen LogP contribution is -2.53. The first-order valence-electron chi connectivity index (χ1n) is 10.9. The van der Waals surface area contributed by atoms with Crippen LogP contribution in [0.1, 0.15) is 51.1 Å². The summed E-state index contributed by atoms with van der Waals surface area (Å²) in [7, 11) is 0. The molecule has 0 unspecified atom stereocenters. The minimum atomic E-state index is 0.0207. The van der Waals surface area contributed by atoms with Crippen LogP contribution in [0.5, 0.6) is 0 Å². The van der Waals surface area contributed by atoms with E-state index in [1.54, 1.807) is 6.07 Å². The fourth-order valence-electron chi connectivity index (χ4n) is 5.37. The number of aromatic nitrogens is 1. The van der Waals surface area contributed by atoms with Crippen molar-refractivity contribution in [2.45, 2.75) is 58.0 Å². The van der Waals surface area contributed by atoms with Crippen molar-refractivity contribution < 1.29 is 4.79 Å². The van der Waals surface area contributed by atoms with Gasteiger partial charge in [0, 0.05) is 43.4 Å². The lowest BCUT2D eigenvalue weighted by atomic mass is 9.78. The molecule has 2 N–H and O–H groups in total. The van der Waals surface area contributed by atoms with E-state index in [9.17, 15) is 9.59 Å². The lowest BCUT2D eigenvalue weighted by Gasteiger charge is -2.43. The maximum absolute atomic E-state index is 12.5. The number of fused-ring (bicyclic) bond motifs is 4.